The molecule has 22 heavy (non-hydrogen) atoms. The van der Waals surface area contributed by atoms with E-state index in [1.165, 1.54) is 18.2 Å². The average molecular weight is 315 g/mol. The van der Waals surface area contributed by atoms with E-state index in [4.69, 9.17) is 5.73 Å². The number of benzene rings is 1. The number of hydrogen-bond acceptors (Lipinski definition) is 2. The zero-order valence-corrected chi connectivity index (χ0v) is 12.1. The summed E-state index contributed by atoms with van der Waals surface area (Å²) in [5.74, 6) is 0.178. The molecular formula is C15H20F3N3O. The number of para-hydroxylation sites is 1. The van der Waals surface area contributed by atoms with Gasteiger partial charge in [-0.1, -0.05) is 25.0 Å². The van der Waals surface area contributed by atoms with Crippen LogP contribution in [0.4, 0.5) is 23.7 Å². The molecular weight excluding hydrogens is 295 g/mol. The fourth-order valence-corrected chi connectivity index (χ4v) is 2.85. The average Bonchev–Trinajstić information content (AvgIpc) is 2.47. The maximum absolute atomic E-state index is 12.9. The van der Waals surface area contributed by atoms with Crippen LogP contribution in [-0.2, 0) is 6.18 Å². The molecule has 0 aliphatic heterocycles. The van der Waals surface area contributed by atoms with Gasteiger partial charge < -0.3 is 16.4 Å². The first-order valence-electron chi connectivity index (χ1n) is 7.35. The van der Waals surface area contributed by atoms with Crippen LogP contribution in [0.3, 0.4) is 0 Å². The summed E-state index contributed by atoms with van der Waals surface area (Å²) in [7, 11) is 0. The number of carbonyl (C=O) groups excluding carboxylic acids is 1. The van der Waals surface area contributed by atoms with Gasteiger partial charge in [0.15, 0.2) is 0 Å². The van der Waals surface area contributed by atoms with Crippen molar-refractivity contribution in [2.75, 3.05) is 11.9 Å². The maximum Gasteiger partial charge on any atom is 0.418 e. The van der Waals surface area contributed by atoms with Crippen molar-refractivity contribution in [2.45, 2.75) is 37.9 Å². The fourth-order valence-electron chi connectivity index (χ4n) is 2.85. The molecule has 0 saturated heterocycles. The fraction of sp³-hybridized carbons (Fsp3) is 0.533. The lowest BCUT2D eigenvalue weighted by Crippen LogP contribution is -2.46. The molecule has 2 amide bonds. The topological polar surface area (TPSA) is 67.1 Å². The van der Waals surface area contributed by atoms with E-state index in [9.17, 15) is 18.0 Å². The van der Waals surface area contributed by atoms with Gasteiger partial charge in [0.1, 0.15) is 0 Å². The Labute approximate surface area is 127 Å². The first-order valence-corrected chi connectivity index (χ1v) is 7.35. The summed E-state index contributed by atoms with van der Waals surface area (Å²) in [6.45, 7) is 0.462. The number of alkyl halides is 3. The molecule has 122 valence electrons. The van der Waals surface area contributed by atoms with Crippen LogP contribution < -0.4 is 16.4 Å². The largest absolute Gasteiger partial charge is 0.418 e. The van der Waals surface area contributed by atoms with Crippen molar-refractivity contribution in [1.82, 2.24) is 5.32 Å². The normalized spacial score (nSPS) is 22.2. The van der Waals surface area contributed by atoms with Crippen molar-refractivity contribution >= 4 is 11.7 Å². The number of carbonyl (C=O) groups is 1. The number of nitrogens with two attached hydrogens (primary N) is 1. The van der Waals surface area contributed by atoms with Crippen LogP contribution in [0.5, 0.6) is 0 Å². The zero-order valence-electron chi connectivity index (χ0n) is 12.1. The van der Waals surface area contributed by atoms with Crippen molar-refractivity contribution in [2.24, 2.45) is 11.7 Å². The number of hydrogen-bond donors (Lipinski definition) is 3. The van der Waals surface area contributed by atoms with Gasteiger partial charge in [0.2, 0.25) is 0 Å². The van der Waals surface area contributed by atoms with Gasteiger partial charge in [-0.15, -0.1) is 0 Å². The van der Waals surface area contributed by atoms with Crippen LogP contribution in [0.1, 0.15) is 31.2 Å². The molecule has 1 fully saturated rings. The summed E-state index contributed by atoms with van der Waals surface area (Å²) in [5.41, 5.74) is 4.58. The van der Waals surface area contributed by atoms with E-state index < -0.39 is 17.8 Å². The van der Waals surface area contributed by atoms with Crippen LogP contribution in [0.2, 0.25) is 0 Å². The maximum atomic E-state index is 12.9. The molecule has 0 spiro atoms. The predicted molar refractivity (Wildman–Crippen MR) is 78.4 cm³/mol. The minimum atomic E-state index is -4.51. The molecule has 1 aromatic rings. The molecule has 2 atom stereocenters. The molecule has 1 aliphatic rings. The third-order valence-electron chi connectivity index (χ3n) is 4.01. The third-order valence-corrected chi connectivity index (χ3v) is 4.01. The van der Waals surface area contributed by atoms with E-state index in [1.54, 1.807) is 0 Å². The number of urea groups is 1. The van der Waals surface area contributed by atoms with E-state index in [1.807, 2.05) is 0 Å². The first kappa shape index (κ1) is 16.6. The van der Waals surface area contributed by atoms with E-state index >= 15 is 0 Å². The Balaban J connectivity index is 2.03. The van der Waals surface area contributed by atoms with Gasteiger partial charge >= 0.3 is 12.2 Å². The summed E-state index contributed by atoms with van der Waals surface area (Å²) in [4.78, 5) is 12.0. The van der Waals surface area contributed by atoms with Gasteiger partial charge in [0, 0.05) is 6.04 Å². The van der Waals surface area contributed by atoms with Crippen LogP contribution in [-0.4, -0.2) is 18.6 Å². The Morgan fingerprint density at radius 3 is 2.59 bits per heavy atom. The van der Waals surface area contributed by atoms with Crippen molar-refractivity contribution in [1.29, 1.82) is 0 Å². The minimum absolute atomic E-state index is 0.0863. The van der Waals surface area contributed by atoms with Gasteiger partial charge in [0.25, 0.3) is 0 Å². The summed E-state index contributed by atoms with van der Waals surface area (Å²) in [5, 5.41) is 5.05. The summed E-state index contributed by atoms with van der Waals surface area (Å²) in [6, 6.07) is 4.22. The lowest BCUT2D eigenvalue weighted by Gasteiger charge is -2.31. The molecule has 4 nitrogen and oxygen atoms in total. The summed E-state index contributed by atoms with van der Waals surface area (Å²) in [6.07, 6.45) is -0.718. The van der Waals surface area contributed by atoms with E-state index in [0.29, 0.717) is 6.54 Å². The molecule has 2 unspecified atom stereocenters. The van der Waals surface area contributed by atoms with Gasteiger partial charge in [-0.25, -0.2) is 4.79 Å². The van der Waals surface area contributed by atoms with Gasteiger partial charge in [0.05, 0.1) is 11.3 Å². The predicted octanol–water partition coefficient (Wildman–Crippen LogP) is 3.34. The van der Waals surface area contributed by atoms with Gasteiger partial charge in [-0.05, 0) is 37.4 Å². The Bertz CT molecular complexity index is 519. The lowest BCUT2D eigenvalue weighted by atomic mass is 9.84. The highest BCUT2D eigenvalue weighted by Gasteiger charge is 2.34. The van der Waals surface area contributed by atoms with Gasteiger partial charge in [-0.3, -0.25) is 0 Å². The Morgan fingerprint density at radius 1 is 1.23 bits per heavy atom. The van der Waals surface area contributed by atoms with Crippen LogP contribution in [0.15, 0.2) is 24.3 Å². The number of amides is 2. The highest BCUT2D eigenvalue weighted by atomic mass is 19.4. The number of halogens is 3. The Morgan fingerprint density at radius 2 is 1.91 bits per heavy atom. The molecule has 0 radical (unpaired) electrons. The van der Waals surface area contributed by atoms with Crippen molar-refractivity contribution in [3.63, 3.8) is 0 Å². The van der Waals surface area contributed by atoms with E-state index in [0.717, 1.165) is 31.7 Å². The Kier molecular flexibility index (Phi) is 5.28. The second-order valence-corrected chi connectivity index (χ2v) is 5.53. The van der Waals surface area contributed by atoms with Gasteiger partial charge in [-0.2, -0.15) is 13.2 Å². The first-order chi connectivity index (χ1) is 10.4. The molecule has 2 rings (SSSR count). The molecule has 4 N–H and O–H groups in total. The molecule has 1 saturated carbocycles. The summed E-state index contributed by atoms with van der Waals surface area (Å²) >= 11 is 0. The SMILES string of the molecule is NCC1CCCCC1NC(=O)Nc1ccccc1C(F)(F)F. The zero-order chi connectivity index (χ0) is 16.2. The van der Waals surface area contributed by atoms with Crippen LogP contribution in [0.25, 0.3) is 0 Å². The van der Waals surface area contributed by atoms with Crippen LogP contribution in [0, 0.1) is 5.92 Å². The molecule has 1 aliphatic carbocycles. The Hall–Kier alpha value is -1.76. The molecule has 0 heterocycles. The van der Waals surface area contributed by atoms with Crippen molar-refractivity contribution < 1.29 is 18.0 Å². The second kappa shape index (κ2) is 7.00. The number of rotatable bonds is 3. The highest BCUT2D eigenvalue weighted by molar-refractivity contribution is 5.90. The van der Waals surface area contributed by atoms with Crippen molar-refractivity contribution in [3.05, 3.63) is 29.8 Å². The third kappa shape index (κ3) is 4.13. The van der Waals surface area contributed by atoms with E-state index in [2.05, 4.69) is 10.6 Å². The molecule has 0 aromatic heterocycles. The quantitative estimate of drug-likeness (QED) is 0.801. The minimum Gasteiger partial charge on any atom is -0.335 e. The number of anilines is 1. The lowest BCUT2D eigenvalue weighted by molar-refractivity contribution is -0.136. The van der Waals surface area contributed by atoms with Crippen LogP contribution >= 0.6 is 0 Å². The smallest absolute Gasteiger partial charge is 0.335 e. The monoisotopic (exact) mass is 315 g/mol. The van der Waals surface area contributed by atoms with Crippen molar-refractivity contribution in [3.8, 4) is 0 Å². The highest BCUT2D eigenvalue weighted by Crippen LogP contribution is 2.34. The second-order valence-electron chi connectivity index (χ2n) is 5.53. The van der Waals surface area contributed by atoms with E-state index in [-0.39, 0.29) is 17.6 Å². The summed E-state index contributed by atoms with van der Waals surface area (Å²) < 4.78 is 38.7. The molecule has 1 aromatic carbocycles. The molecule has 7 heteroatoms. The number of nitrogens with one attached hydrogen (secondary N) is 2. The standard InChI is InChI=1S/C15H20F3N3O/c16-15(17,18)11-6-2-4-8-13(11)21-14(22)20-12-7-3-1-5-10(12)9-19/h2,4,6,8,10,12H,1,3,5,7,9,19H2,(H2,20,21,22). The molecule has 0 bridgehead atoms.